The van der Waals surface area contributed by atoms with Gasteiger partial charge in [-0.25, -0.2) is 4.39 Å². The summed E-state index contributed by atoms with van der Waals surface area (Å²) < 4.78 is 13.7. The van der Waals surface area contributed by atoms with E-state index in [4.69, 9.17) is 0 Å². The van der Waals surface area contributed by atoms with Gasteiger partial charge in [-0.05, 0) is 24.6 Å². The predicted molar refractivity (Wildman–Crippen MR) is 53.5 cm³/mol. The summed E-state index contributed by atoms with van der Waals surface area (Å²) in [5.41, 5.74) is 0.963. The topological polar surface area (TPSA) is 17.1 Å². The van der Waals surface area contributed by atoms with Crippen molar-refractivity contribution in [2.75, 3.05) is 0 Å². The van der Waals surface area contributed by atoms with Crippen LogP contribution in [-0.2, 0) is 0 Å². The van der Waals surface area contributed by atoms with E-state index in [1.54, 1.807) is 19.9 Å². The summed E-state index contributed by atoms with van der Waals surface area (Å²) in [6.07, 6.45) is 0.390. The molecule has 0 saturated heterocycles. The number of hydrogen-bond donors (Lipinski definition) is 0. The quantitative estimate of drug-likeness (QED) is 0.729. The van der Waals surface area contributed by atoms with Crippen molar-refractivity contribution in [2.24, 2.45) is 0 Å². The van der Waals surface area contributed by atoms with Crippen LogP contribution < -0.4 is 0 Å². The number of benzene rings is 1. The Bertz CT molecular complexity index is 347. The molecule has 0 saturated carbocycles. The van der Waals surface area contributed by atoms with Crippen LogP contribution in [0, 0.1) is 12.7 Å². The maximum absolute atomic E-state index is 13.1. The molecule has 3 heteroatoms. The molecule has 0 aliphatic heterocycles. The van der Waals surface area contributed by atoms with Gasteiger partial charge in [0.05, 0.1) is 0 Å². The van der Waals surface area contributed by atoms with Gasteiger partial charge in [-0.1, -0.05) is 22.9 Å². The molecule has 0 heterocycles. The van der Waals surface area contributed by atoms with E-state index in [1.165, 1.54) is 6.07 Å². The highest BCUT2D eigenvalue weighted by Gasteiger charge is 2.10. The first-order valence-corrected chi connectivity index (χ1v) is 4.84. The predicted octanol–water partition coefficient (Wildman–Crippen LogP) is 3.49. The zero-order valence-corrected chi connectivity index (χ0v) is 9.11. The van der Waals surface area contributed by atoms with Crippen LogP contribution in [0.25, 0.3) is 0 Å². The zero-order valence-electron chi connectivity index (χ0n) is 7.53. The lowest BCUT2D eigenvalue weighted by Gasteiger charge is -2.03. The average molecular weight is 245 g/mol. The van der Waals surface area contributed by atoms with Crippen LogP contribution in [0.1, 0.15) is 29.3 Å². The van der Waals surface area contributed by atoms with Crippen molar-refractivity contribution in [3.8, 4) is 0 Å². The van der Waals surface area contributed by atoms with Gasteiger partial charge in [0.15, 0.2) is 5.78 Å². The van der Waals surface area contributed by atoms with E-state index in [9.17, 15) is 9.18 Å². The van der Waals surface area contributed by atoms with Crippen LogP contribution in [0.4, 0.5) is 4.39 Å². The van der Waals surface area contributed by atoms with E-state index in [-0.39, 0.29) is 11.6 Å². The summed E-state index contributed by atoms with van der Waals surface area (Å²) in [6.45, 7) is 3.42. The molecule has 0 N–H and O–H groups in total. The van der Waals surface area contributed by atoms with Gasteiger partial charge in [-0.3, -0.25) is 4.79 Å². The van der Waals surface area contributed by atoms with E-state index in [2.05, 4.69) is 15.9 Å². The van der Waals surface area contributed by atoms with Gasteiger partial charge < -0.3 is 0 Å². The molecule has 1 aromatic rings. The lowest BCUT2D eigenvalue weighted by atomic mass is 10.1. The number of ketones is 1. The fraction of sp³-hybridized carbons (Fsp3) is 0.300. The maximum Gasteiger partial charge on any atom is 0.163 e. The normalized spacial score (nSPS) is 10.2. The minimum Gasteiger partial charge on any atom is -0.294 e. The Balaban J connectivity index is 3.23. The fourth-order valence-corrected chi connectivity index (χ4v) is 1.73. The van der Waals surface area contributed by atoms with Gasteiger partial charge in [-0.15, -0.1) is 0 Å². The van der Waals surface area contributed by atoms with Crippen LogP contribution in [-0.4, -0.2) is 5.78 Å². The smallest absolute Gasteiger partial charge is 0.163 e. The molecule has 0 amide bonds. The average Bonchev–Trinajstić information content (AvgIpc) is 2.10. The summed E-state index contributed by atoms with van der Waals surface area (Å²) >= 11 is 3.24. The van der Waals surface area contributed by atoms with E-state index in [0.29, 0.717) is 22.0 Å². The van der Waals surface area contributed by atoms with Crippen molar-refractivity contribution in [3.05, 3.63) is 33.5 Å². The lowest BCUT2D eigenvalue weighted by Crippen LogP contribution is -1.99. The molecule has 1 nitrogen and oxygen atoms in total. The number of carbonyl (C=O) groups excluding carboxylic acids is 1. The van der Waals surface area contributed by atoms with Gasteiger partial charge in [0.25, 0.3) is 0 Å². The van der Waals surface area contributed by atoms with Crippen molar-refractivity contribution in [1.82, 2.24) is 0 Å². The van der Waals surface area contributed by atoms with E-state index < -0.39 is 0 Å². The van der Waals surface area contributed by atoms with E-state index >= 15 is 0 Å². The van der Waals surface area contributed by atoms with E-state index in [1.807, 2.05) is 0 Å². The molecular formula is C10H10BrFO. The molecular weight excluding hydrogens is 235 g/mol. The summed E-state index contributed by atoms with van der Waals surface area (Å²) in [7, 11) is 0. The molecule has 0 aromatic heterocycles. The van der Waals surface area contributed by atoms with Crippen molar-refractivity contribution < 1.29 is 9.18 Å². The Morgan fingerprint density at radius 3 is 2.69 bits per heavy atom. The third kappa shape index (κ3) is 2.15. The monoisotopic (exact) mass is 244 g/mol. The number of carbonyl (C=O) groups is 1. The second kappa shape index (κ2) is 4.01. The third-order valence-corrected chi connectivity index (χ3v) is 2.53. The molecule has 0 unspecified atom stereocenters. The molecule has 0 fully saturated rings. The van der Waals surface area contributed by atoms with Crippen LogP contribution in [0.3, 0.4) is 0 Å². The molecule has 0 aliphatic rings. The standard InChI is InChI=1S/C10H10BrFO/c1-3-10(13)7-5-9(12)6(2)4-8(7)11/h4-5H,3H2,1-2H3. The van der Waals surface area contributed by atoms with Gasteiger partial charge >= 0.3 is 0 Å². The summed E-state index contributed by atoms with van der Waals surface area (Å²) in [6, 6.07) is 2.91. The third-order valence-electron chi connectivity index (χ3n) is 1.87. The Hall–Kier alpha value is -0.700. The van der Waals surface area contributed by atoms with Crippen LogP contribution in [0.5, 0.6) is 0 Å². The molecule has 1 aromatic carbocycles. The van der Waals surface area contributed by atoms with Crippen molar-refractivity contribution in [1.29, 1.82) is 0 Å². The highest BCUT2D eigenvalue weighted by atomic mass is 79.9. The molecule has 70 valence electrons. The Kier molecular flexibility index (Phi) is 3.20. The zero-order chi connectivity index (χ0) is 10.0. The summed E-state index contributed by atoms with van der Waals surface area (Å²) in [4.78, 5) is 11.3. The SMILES string of the molecule is CCC(=O)c1cc(F)c(C)cc1Br. The lowest BCUT2D eigenvalue weighted by molar-refractivity contribution is 0.0987. The summed E-state index contributed by atoms with van der Waals surface area (Å²) in [5.74, 6) is -0.384. The van der Waals surface area contributed by atoms with Crippen LogP contribution >= 0.6 is 15.9 Å². The number of rotatable bonds is 2. The first-order chi connectivity index (χ1) is 6.06. The highest BCUT2D eigenvalue weighted by Crippen LogP contribution is 2.22. The molecule has 13 heavy (non-hydrogen) atoms. The van der Waals surface area contributed by atoms with Gasteiger partial charge in [0.2, 0.25) is 0 Å². The Morgan fingerprint density at radius 2 is 2.15 bits per heavy atom. The minimum absolute atomic E-state index is 0.0502. The molecule has 0 atom stereocenters. The highest BCUT2D eigenvalue weighted by molar-refractivity contribution is 9.10. The minimum atomic E-state index is -0.333. The van der Waals surface area contributed by atoms with Crippen molar-refractivity contribution in [3.63, 3.8) is 0 Å². The molecule has 0 aliphatic carbocycles. The first-order valence-electron chi connectivity index (χ1n) is 4.05. The summed E-state index contributed by atoms with van der Waals surface area (Å²) in [5, 5.41) is 0. The number of hydrogen-bond acceptors (Lipinski definition) is 1. The molecule has 0 radical (unpaired) electrons. The number of aryl methyl sites for hydroxylation is 1. The van der Waals surface area contributed by atoms with Crippen LogP contribution in [0.2, 0.25) is 0 Å². The van der Waals surface area contributed by atoms with Gasteiger partial charge in [0, 0.05) is 16.5 Å². The molecule has 0 bridgehead atoms. The number of halogens is 2. The second-order valence-electron chi connectivity index (χ2n) is 2.86. The van der Waals surface area contributed by atoms with E-state index in [0.717, 1.165) is 0 Å². The van der Waals surface area contributed by atoms with Crippen molar-refractivity contribution >= 4 is 21.7 Å². The van der Waals surface area contributed by atoms with Gasteiger partial charge in [0.1, 0.15) is 5.82 Å². The number of Topliss-reactive ketones (excluding diaryl/α,β-unsaturated/α-hetero) is 1. The maximum atomic E-state index is 13.1. The molecule has 1 rings (SSSR count). The van der Waals surface area contributed by atoms with Crippen molar-refractivity contribution in [2.45, 2.75) is 20.3 Å². The Morgan fingerprint density at radius 1 is 1.54 bits per heavy atom. The van der Waals surface area contributed by atoms with Crippen LogP contribution in [0.15, 0.2) is 16.6 Å². The van der Waals surface area contributed by atoms with Gasteiger partial charge in [-0.2, -0.15) is 0 Å². The fourth-order valence-electron chi connectivity index (χ4n) is 1.05. The molecule has 0 spiro atoms. The first kappa shape index (κ1) is 10.4. The Labute approximate surface area is 85.1 Å². The second-order valence-corrected chi connectivity index (χ2v) is 3.71. The largest absolute Gasteiger partial charge is 0.294 e.